The van der Waals surface area contributed by atoms with Gasteiger partial charge in [0.05, 0.1) is 0 Å². The zero-order valence-electron chi connectivity index (χ0n) is 13.1. The van der Waals surface area contributed by atoms with Crippen LogP contribution in [0.2, 0.25) is 0 Å². The molecular weight excluding hydrogens is 242 g/mol. The van der Waals surface area contributed by atoms with Crippen molar-refractivity contribution in [1.82, 2.24) is 5.32 Å². The largest absolute Gasteiger partial charge is 0.314 e. The molecule has 0 aliphatic heterocycles. The maximum Gasteiger partial charge on any atom is 0.00757 e. The fourth-order valence-corrected chi connectivity index (χ4v) is 4.13. The first-order valence-electron chi connectivity index (χ1n) is 8.56. The number of rotatable bonds is 5. The molecule has 1 aromatic rings. The van der Waals surface area contributed by atoms with Gasteiger partial charge in [0, 0.05) is 6.04 Å². The van der Waals surface area contributed by atoms with Crippen molar-refractivity contribution in [2.75, 3.05) is 6.54 Å². The molecule has 110 valence electrons. The highest BCUT2D eigenvalue weighted by molar-refractivity contribution is 5.38. The summed E-state index contributed by atoms with van der Waals surface area (Å²) in [6.45, 7) is 5.93. The predicted molar refractivity (Wildman–Crippen MR) is 86.3 cm³/mol. The Kier molecular flexibility index (Phi) is 4.16. The molecule has 2 fully saturated rings. The van der Waals surface area contributed by atoms with E-state index >= 15 is 0 Å². The summed E-state index contributed by atoms with van der Waals surface area (Å²) >= 11 is 0. The highest BCUT2D eigenvalue weighted by Gasteiger charge is 2.38. The van der Waals surface area contributed by atoms with Gasteiger partial charge in [-0.05, 0) is 67.5 Å². The highest BCUT2D eigenvalue weighted by Crippen LogP contribution is 2.47. The molecule has 2 atom stereocenters. The van der Waals surface area contributed by atoms with Gasteiger partial charge in [-0.2, -0.15) is 0 Å². The number of nitrogens with one attached hydrogen (secondary N) is 1. The summed E-state index contributed by atoms with van der Waals surface area (Å²) in [7, 11) is 0. The molecule has 1 heteroatoms. The summed E-state index contributed by atoms with van der Waals surface area (Å²) in [6.07, 6.45) is 9.49. The summed E-state index contributed by atoms with van der Waals surface area (Å²) in [5.41, 5.74) is 3.72. The zero-order valence-corrected chi connectivity index (χ0v) is 13.1. The van der Waals surface area contributed by atoms with Gasteiger partial charge in [-0.15, -0.1) is 0 Å². The van der Waals surface area contributed by atoms with Crippen molar-refractivity contribution in [3.05, 3.63) is 35.4 Å². The van der Waals surface area contributed by atoms with Crippen LogP contribution in [0.4, 0.5) is 0 Å². The lowest BCUT2D eigenvalue weighted by Crippen LogP contribution is -2.30. The second-order valence-corrected chi connectivity index (χ2v) is 7.17. The van der Waals surface area contributed by atoms with Crippen molar-refractivity contribution in [3.63, 3.8) is 0 Å². The first-order valence-corrected chi connectivity index (χ1v) is 8.56. The molecule has 1 N–H and O–H groups in total. The lowest BCUT2D eigenvalue weighted by molar-refractivity contribution is 0.398. The minimum absolute atomic E-state index is 0.400. The van der Waals surface area contributed by atoms with E-state index in [0.717, 1.165) is 12.0 Å². The molecule has 2 aliphatic carbocycles. The van der Waals surface area contributed by atoms with E-state index in [4.69, 9.17) is 0 Å². The highest BCUT2D eigenvalue weighted by atomic mass is 14.9. The summed E-state index contributed by atoms with van der Waals surface area (Å²) in [6, 6.07) is 10.0. The zero-order chi connectivity index (χ0) is 14.0. The molecule has 0 radical (unpaired) electrons. The molecule has 3 rings (SSSR count). The third-order valence-corrected chi connectivity index (χ3v) is 5.58. The molecule has 0 aromatic heterocycles. The van der Waals surface area contributed by atoms with E-state index in [1.807, 2.05) is 0 Å². The summed E-state index contributed by atoms with van der Waals surface area (Å²) in [4.78, 5) is 0. The molecule has 0 bridgehead atoms. The minimum Gasteiger partial charge on any atom is -0.314 e. The van der Waals surface area contributed by atoms with Crippen LogP contribution in [-0.4, -0.2) is 12.6 Å². The molecule has 2 aliphatic rings. The third-order valence-electron chi connectivity index (χ3n) is 5.58. The van der Waals surface area contributed by atoms with Crippen LogP contribution < -0.4 is 5.32 Å². The average molecular weight is 271 g/mol. The van der Waals surface area contributed by atoms with Crippen LogP contribution in [0.3, 0.4) is 0 Å². The van der Waals surface area contributed by atoms with E-state index in [-0.39, 0.29) is 0 Å². The van der Waals surface area contributed by atoms with Crippen molar-refractivity contribution < 1.29 is 0 Å². The van der Waals surface area contributed by atoms with Crippen molar-refractivity contribution >= 4 is 0 Å². The van der Waals surface area contributed by atoms with Crippen molar-refractivity contribution in [2.45, 2.75) is 76.2 Å². The van der Waals surface area contributed by atoms with Crippen LogP contribution in [0.1, 0.15) is 75.8 Å². The van der Waals surface area contributed by atoms with Gasteiger partial charge in [-0.3, -0.25) is 0 Å². The first-order chi connectivity index (χ1) is 9.73. The van der Waals surface area contributed by atoms with Gasteiger partial charge in [-0.1, -0.05) is 44.5 Å². The minimum atomic E-state index is 0.400. The Hall–Kier alpha value is -0.820. The quantitative estimate of drug-likeness (QED) is 0.814. The number of benzene rings is 1. The molecule has 0 heterocycles. The van der Waals surface area contributed by atoms with Crippen LogP contribution in [-0.2, 0) is 5.41 Å². The van der Waals surface area contributed by atoms with E-state index in [9.17, 15) is 0 Å². The second kappa shape index (κ2) is 5.89. The van der Waals surface area contributed by atoms with E-state index in [2.05, 4.69) is 43.4 Å². The van der Waals surface area contributed by atoms with Crippen molar-refractivity contribution in [1.29, 1.82) is 0 Å². The monoisotopic (exact) mass is 271 g/mol. The normalized spacial score (nSPS) is 30.4. The maximum absolute atomic E-state index is 3.73. The van der Waals surface area contributed by atoms with Crippen LogP contribution in [0, 0.1) is 0 Å². The Morgan fingerprint density at radius 1 is 1.20 bits per heavy atom. The predicted octanol–water partition coefficient (Wildman–Crippen LogP) is 4.76. The Balaban J connectivity index is 1.78. The molecule has 0 amide bonds. The fourth-order valence-electron chi connectivity index (χ4n) is 4.13. The summed E-state index contributed by atoms with van der Waals surface area (Å²) in [5.74, 6) is 0.852. The second-order valence-electron chi connectivity index (χ2n) is 7.17. The van der Waals surface area contributed by atoms with Gasteiger partial charge in [0.25, 0.3) is 0 Å². The maximum atomic E-state index is 3.73. The van der Waals surface area contributed by atoms with Gasteiger partial charge >= 0.3 is 0 Å². The van der Waals surface area contributed by atoms with Gasteiger partial charge in [0.1, 0.15) is 0 Å². The first kappa shape index (κ1) is 14.1. The molecule has 1 nitrogen and oxygen atoms in total. The lowest BCUT2D eigenvalue weighted by Gasteiger charge is -2.34. The van der Waals surface area contributed by atoms with E-state index in [1.54, 1.807) is 11.1 Å². The van der Waals surface area contributed by atoms with Crippen molar-refractivity contribution in [2.24, 2.45) is 0 Å². The van der Waals surface area contributed by atoms with Gasteiger partial charge in [-0.25, -0.2) is 0 Å². The lowest BCUT2D eigenvalue weighted by atomic mass is 9.71. The Labute approximate surface area is 124 Å². The van der Waals surface area contributed by atoms with E-state index in [0.29, 0.717) is 5.41 Å². The van der Waals surface area contributed by atoms with Gasteiger partial charge in [0.2, 0.25) is 0 Å². The molecule has 20 heavy (non-hydrogen) atoms. The van der Waals surface area contributed by atoms with E-state index < -0.39 is 0 Å². The smallest absolute Gasteiger partial charge is 0.00757 e. The van der Waals surface area contributed by atoms with Crippen LogP contribution in [0.5, 0.6) is 0 Å². The molecule has 2 unspecified atom stereocenters. The Morgan fingerprint density at radius 3 is 2.70 bits per heavy atom. The average Bonchev–Trinajstić information content (AvgIpc) is 2.78. The summed E-state index contributed by atoms with van der Waals surface area (Å²) < 4.78 is 0. The standard InChI is InChI=1S/C19H29N/c1-3-13-20-16-11-12-19(2,14-16)18-10-5-4-9-17(18)15-7-6-8-15/h4-5,9-10,15-16,20H,3,6-8,11-14H2,1-2H3. The van der Waals surface area contributed by atoms with Crippen LogP contribution in [0.15, 0.2) is 24.3 Å². The SMILES string of the molecule is CCCNC1CCC(C)(c2ccccc2C2CCC2)C1. The third kappa shape index (κ3) is 2.65. The fraction of sp³-hybridized carbons (Fsp3) is 0.684. The van der Waals surface area contributed by atoms with Crippen molar-refractivity contribution in [3.8, 4) is 0 Å². The van der Waals surface area contributed by atoms with Crippen LogP contribution >= 0.6 is 0 Å². The molecule has 1 aromatic carbocycles. The molecular formula is C19H29N. The molecule has 0 spiro atoms. The Morgan fingerprint density at radius 2 is 2.00 bits per heavy atom. The van der Waals surface area contributed by atoms with Gasteiger partial charge in [0.15, 0.2) is 0 Å². The topological polar surface area (TPSA) is 12.0 Å². The molecule has 2 saturated carbocycles. The summed E-state index contributed by atoms with van der Waals surface area (Å²) in [5, 5.41) is 3.73. The number of hydrogen-bond acceptors (Lipinski definition) is 1. The van der Waals surface area contributed by atoms with E-state index in [1.165, 1.54) is 51.5 Å². The van der Waals surface area contributed by atoms with Gasteiger partial charge < -0.3 is 5.32 Å². The Bertz CT molecular complexity index is 449. The number of hydrogen-bond donors (Lipinski definition) is 1. The molecule has 0 saturated heterocycles. The van der Waals surface area contributed by atoms with Crippen LogP contribution in [0.25, 0.3) is 0 Å².